The number of anilines is 1. The Morgan fingerprint density at radius 2 is 1.93 bits per heavy atom. The van der Waals surface area contributed by atoms with Gasteiger partial charge in [-0.2, -0.15) is 4.31 Å². The van der Waals surface area contributed by atoms with Crippen molar-refractivity contribution < 1.29 is 22.4 Å². The van der Waals surface area contributed by atoms with Crippen LogP contribution in [0.4, 0.5) is 5.69 Å². The molecule has 146 valence electrons. The molecule has 1 fully saturated rings. The zero-order chi connectivity index (χ0) is 19.4. The van der Waals surface area contributed by atoms with Crippen molar-refractivity contribution in [3.8, 4) is 5.75 Å². The van der Waals surface area contributed by atoms with Crippen molar-refractivity contribution in [2.24, 2.45) is 0 Å². The Balaban J connectivity index is 1.91. The molecule has 0 saturated carbocycles. The first kappa shape index (κ1) is 19.4. The number of benzene rings is 1. The Hall–Kier alpha value is -2.32. The maximum atomic E-state index is 12.9. The topological polar surface area (TPSA) is 88.9 Å². The van der Waals surface area contributed by atoms with E-state index in [-0.39, 0.29) is 10.7 Å². The molecule has 0 bridgehead atoms. The molecule has 1 saturated heterocycles. The van der Waals surface area contributed by atoms with Crippen molar-refractivity contribution in [2.45, 2.75) is 38.0 Å². The van der Waals surface area contributed by atoms with Gasteiger partial charge in [-0.3, -0.25) is 4.79 Å². The number of carbonyl (C=O) groups is 1. The van der Waals surface area contributed by atoms with E-state index in [1.54, 1.807) is 25.1 Å². The van der Waals surface area contributed by atoms with E-state index in [0.29, 0.717) is 36.9 Å². The van der Waals surface area contributed by atoms with E-state index in [1.165, 1.54) is 16.4 Å². The third-order valence-corrected chi connectivity index (χ3v) is 6.31. The first-order chi connectivity index (χ1) is 12.9. The van der Waals surface area contributed by atoms with Gasteiger partial charge in [0.05, 0.1) is 17.2 Å². The van der Waals surface area contributed by atoms with Crippen LogP contribution < -0.4 is 10.1 Å². The lowest BCUT2D eigenvalue weighted by Crippen LogP contribution is -2.35. The molecule has 0 unspecified atom stereocenters. The molecule has 8 heteroatoms. The minimum absolute atomic E-state index is 0.138. The van der Waals surface area contributed by atoms with E-state index in [9.17, 15) is 13.2 Å². The van der Waals surface area contributed by atoms with Crippen LogP contribution >= 0.6 is 0 Å². The van der Waals surface area contributed by atoms with Crippen LogP contribution in [0.3, 0.4) is 0 Å². The lowest BCUT2D eigenvalue weighted by Gasteiger charge is -2.26. The van der Waals surface area contributed by atoms with Crippen LogP contribution in [0.5, 0.6) is 5.75 Å². The Morgan fingerprint density at radius 3 is 2.56 bits per heavy atom. The van der Waals surface area contributed by atoms with E-state index in [2.05, 4.69) is 5.32 Å². The minimum atomic E-state index is -3.61. The maximum Gasteiger partial charge on any atom is 0.291 e. The van der Waals surface area contributed by atoms with Gasteiger partial charge in [-0.05, 0) is 57.0 Å². The lowest BCUT2D eigenvalue weighted by atomic mass is 10.2. The summed E-state index contributed by atoms with van der Waals surface area (Å²) >= 11 is 0. The third-order valence-electron chi connectivity index (χ3n) is 4.42. The summed E-state index contributed by atoms with van der Waals surface area (Å²) in [5.74, 6) is 0.717. The van der Waals surface area contributed by atoms with Crippen LogP contribution in [0.25, 0.3) is 0 Å². The van der Waals surface area contributed by atoms with E-state index >= 15 is 0 Å². The zero-order valence-corrected chi connectivity index (χ0v) is 16.3. The number of ether oxygens (including phenoxy) is 1. The second-order valence-electron chi connectivity index (χ2n) is 6.42. The highest BCUT2D eigenvalue weighted by Gasteiger charge is 2.27. The van der Waals surface area contributed by atoms with Crippen molar-refractivity contribution in [2.75, 3.05) is 25.0 Å². The Morgan fingerprint density at radius 1 is 1.19 bits per heavy atom. The van der Waals surface area contributed by atoms with Gasteiger partial charge in [-0.15, -0.1) is 0 Å². The molecule has 2 heterocycles. The molecular formula is C19H24N2O5S. The fourth-order valence-corrected chi connectivity index (χ4v) is 4.59. The Labute approximate surface area is 159 Å². The van der Waals surface area contributed by atoms with Gasteiger partial charge in [-0.1, -0.05) is 6.42 Å². The molecule has 0 atom stereocenters. The normalized spacial score (nSPS) is 15.5. The molecule has 1 aliphatic rings. The van der Waals surface area contributed by atoms with Gasteiger partial charge in [0.15, 0.2) is 5.76 Å². The number of nitrogens with zero attached hydrogens (tertiary/aromatic N) is 1. The average Bonchev–Trinajstić information content (AvgIpc) is 3.10. The molecule has 2 aromatic rings. The van der Waals surface area contributed by atoms with Gasteiger partial charge in [0.1, 0.15) is 11.5 Å². The smallest absolute Gasteiger partial charge is 0.291 e. The molecular weight excluding hydrogens is 368 g/mol. The van der Waals surface area contributed by atoms with Crippen LogP contribution in [0.1, 0.15) is 42.5 Å². The second-order valence-corrected chi connectivity index (χ2v) is 8.36. The highest BCUT2D eigenvalue weighted by Crippen LogP contribution is 2.30. The quantitative estimate of drug-likeness (QED) is 0.814. The SMILES string of the molecule is CCOc1ccc(S(=O)(=O)N2CCCCC2)cc1NC(=O)c1ccc(C)o1. The number of hydrogen-bond acceptors (Lipinski definition) is 5. The van der Waals surface area contributed by atoms with Crippen molar-refractivity contribution in [3.63, 3.8) is 0 Å². The van der Waals surface area contributed by atoms with E-state index in [0.717, 1.165) is 19.3 Å². The van der Waals surface area contributed by atoms with Crippen molar-refractivity contribution in [3.05, 3.63) is 41.9 Å². The molecule has 1 aliphatic heterocycles. The average molecular weight is 392 g/mol. The molecule has 1 aromatic heterocycles. The van der Waals surface area contributed by atoms with Gasteiger partial charge >= 0.3 is 0 Å². The number of carbonyl (C=O) groups excluding carboxylic acids is 1. The fraction of sp³-hybridized carbons (Fsp3) is 0.421. The summed E-state index contributed by atoms with van der Waals surface area (Å²) < 4.78 is 38.2. The lowest BCUT2D eigenvalue weighted by molar-refractivity contribution is 0.0995. The summed E-state index contributed by atoms with van der Waals surface area (Å²) in [7, 11) is -3.61. The van der Waals surface area contributed by atoms with Crippen LogP contribution in [-0.4, -0.2) is 38.3 Å². The van der Waals surface area contributed by atoms with Gasteiger partial charge < -0.3 is 14.5 Å². The Bertz CT molecular complexity index is 914. The van der Waals surface area contributed by atoms with Crippen molar-refractivity contribution >= 4 is 21.6 Å². The summed E-state index contributed by atoms with van der Waals surface area (Å²) in [6.07, 6.45) is 2.76. The highest BCUT2D eigenvalue weighted by molar-refractivity contribution is 7.89. The summed E-state index contributed by atoms with van der Waals surface area (Å²) in [6.45, 7) is 4.99. The zero-order valence-electron chi connectivity index (χ0n) is 15.5. The van der Waals surface area contributed by atoms with Crippen LogP contribution in [-0.2, 0) is 10.0 Å². The number of hydrogen-bond donors (Lipinski definition) is 1. The molecule has 0 spiro atoms. The van der Waals surface area contributed by atoms with Gasteiger partial charge in [0.2, 0.25) is 10.0 Å². The predicted molar refractivity (Wildman–Crippen MR) is 102 cm³/mol. The van der Waals surface area contributed by atoms with Gasteiger partial charge in [0, 0.05) is 13.1 Å². The monoisotopic (exact) mass is 392 g/mol. The number of piperidine rings is 1. The van der Waals surface area contributed by atoms with Gasteiger partial charge in [-0.25, -0.2) is 8.42 Å². The molecule has 27 heavy (non-hydrogen) atoms. The number of amides is 1. The number of nitrogens with one attached hydrogen (secondary N) is 1. The molecule has 7 nitrogen and oxygen atoms in total. The number of sulfonamides is 1. The molecule has 1 aromatic carbocycles. The highest BCUT2D eigenvalue weighted by atomic mass is 32.2. The first-order valence-electron chi connectivity index (χ1n) is 9.06. The number of furan rings is 1. The molecule has 1 N–H and O–H groups in total. The second kappa shape index (κ2) is 8.14. The standard InChI is InChI=1S/C19H24N2O5S/c1-3-25-17-10-8-15(27(23,24)21-11-5-4-6-12-21)13-16(17)20-19(22)18-9-7-14(2)26-18/h7-10,13H,3-6,11-12H2,1-2H3,(H,20,22). The first-order valence-corrected chi connectivity index (χ1v) is 10.5. The van der Waals surface area contributed by atoms with E-state index in [1.807, 2.05) is 6.92 Å². The maximum absolute atomic E-state index is 12.9. The third kappa shape index (κ3) is 4.33. The fourth-order valence-electron chi connectivity index (χ4n) is 3.04. The molecule has 3 rings (SSSR count). The van der Waals surface area contributed by atoms with Crippen LogP contribution in [0.2, 0.25) is 0 Å². The van der Waals surface area contributed by atoms with Crippen LogP contribution in [0, 0.1) is 6.92 Å². The summed E-state index contributed by atoms with van der Waals surface area (Å²) in [5.41, 5.74) is 0.300. The predicted octanol–water partition coefficient (Wildman–Crippen LogP) is 3.41. The van der Waals surface area contributed by atoms with E-state index in [4.69, 9.17) is 9.15 Å². The summed E-state index contributed by atoms with van der Waals surface area (Å²) in [5, 5.41) is 2.70. The Kier molecular flexibility index (Phi) is 5.86. The van der Waals surface area contributed by atoms with Crippen molar-refractivity contribution in [1.29, 1.82) is 0 Å². The van der Waals surface area contributed by atoms with Crippen LogP contribution in [0.15, 0.2) is 39.6 Å². The van der Waals surface area contributed by atoms with Gasteiger partial charge in [0.25, 0.3) is 5.91 Å². The molecule has 1 amide bonds. The largest absolute Gasteiger partial charge is 0.492 e. The molecule has 0 radical (unpaired) electrons. The number of rotatable bonds is 6. The van der Waals surface area contributed by atoms with E-state index < -0.39 is 15.9 Å². The molecule has 0 aliphatic carbocycles. The minimum Gasteiger partial charge on any atom is -0.492 e. The number of aryl methyl sites for hydroxylation is 1. The summed E-state index contributed by atoms with van der Waals surface area (Å²) in [6, 6.07) is 7.79. The van der Waals surface area contributed by atoms with Crippen molar-refractivity contribution in [1.82, 2.24) is 4.31 Å². The summed E-state index contributed by atoms with van der Waals surface area (Å²) in [4.78, 5) is 12.6.